The van der Waals surface area contributed by atoms with Crippen LogP contribution < -0.4 is 11.5 Å². The lowest BCUT2D eigenvalue weighted by atomic mass is 10.2. The highest BCUT2D eigenvalue weighted by Crippen LogP contribution is 2.23. The highest BCUT2D eigenvalue weighted by Gasteiger charge is 2.13. The van der Waals surface area contributed by atoms with Crippen molar-refractivity contribution in [2.45, 2.75) is 6.42 Å². The third-order valence-corrected chi connectivity index (χ3v) is 2.25. The zero-order valence-corrected chi connectivity index (χ0v) is 9.16. The maximum Gasteiger partial charge on any atom is 0.339 e. The van der Waals surface area contributed by atoms with Crippen LogP contribution in [0.15, 0.2) is 18.2 Å². The van der Waals surface area contributed by atoms with E-state index in [0.29, 0.717) is 5.69 Å². The first-order valence-electron chi connectivity index (χ1n) is 4.51. The highest BCUT2D eigenvalue weighted by molar-refractivity contribution is 6.36. The molecule has 0 atom stereocenters. The van der Waals surface area contributed by atoms with Crippen LogP contribution in [0.25, 0.3) is 0 Å². The number of rotatable bonds is 4. The van der Waals surface area contributed by atoms with Gasteiger partial charge >= 0.3 is 5.97 Å². The van der Waals surface area contributed by atoms with Crippen molar-refractivity contribution in [1.82, 2.24) is 0 Å². The summed E-state index contributed by atoms with van der Waals surface area (Å²) >= 11 is 5.81. The second kappa shape index (κ2) is 5.37. The molecule has 5 nitrogen and oxygen atoms in total. The molecule has 0 saturated heterocycles. The fraction of sp³-hybridized carbons (Fsp3) is 0.200. The van der Waals surface area contributed by atoms with Crippen molar-refractivity contribution in [1.29, 1.82) is 0 Å². The summed E-state index contributed by atoms with van der Waals surface area (Å²) in [5, 5.41) is 0.145. The Bertz CT molecular complexity index is 421. The van der Waals surface area contributed by atoms with Crippen molar-refractivity contribution in [2.24, 2.45) is 5.73 Å². The quantitative estimate of drug-likeness (QED) is 0.607. The molecule has 0 heterocycles. The molecule has 16 heavy (non-hydrogen) atoms. The lowest BCUT2D eigenvalue weighted by molar-refractivity contribution is -0.118. The Labute approximate surface area is 97.3 Å². The summed E-state index contributed by atoms with van der Waals surface area (Å²) in [6, 6.07) is 4.65. The summed E-state index contributed by atoms with van der Waals surface area (Å²) in [6.45, 7) is -0.0701. The average Bonchev–Trinajstić information content (AvgIpc) is 2.21. The topological polar surface area (TPSA) is 95.4 Å². The van der Waals surface area contributed by atoms with Crippen LogP contribution in [-0.2, 0) is 9.53 Å². The molecular formula is C10H11ClN2O3. The Morgan fingerprint density at radius 1 is 1.38 bits per heavy atom. The van der Waals surface area contributed by atoms with Crippen LogP contribution in [0.4, 0.5) is 5.69 Å². The number of amides is 1. The number of nitrogens with two attached hydrogens (primary N) is 2. The molecule has 0 aromatic heterocycles. The second-order valence-corrected chi connectivity index (χ2v) is 3.44. The zero-order valence-electron chi connectivity index (χ0n) is 8.40. The van der Waals surface area contributed by atoms with Crippen molar-refractivity contribution in [3.8, 4) is 0 Å². The second-order valence-electron chi connectivity index (χ2n) is 3.06. The number of hydrogen-bond donors (Lipinski definition) is 2. The molecule has 1 aromatic carbocycles. The van der Waals surface area contributed by atoms with Crippen molar-refractivity contribution >= 4 is 29.2 Å². The first-order valence-corrected chi connectivity index (χ1v) is 4.89. The van der Waals surface area contributed by atoms with Gasteiger partial charge < -0.3 is 16.2 Å². The third-order valence-electron chi connectivity index (χ3n) is 1.83. The monoisotopic (exact) mass is 242 g/mol. The smallest absolute Gasteiger partial charge is 0.339 e. The van der Waals surface area contributed by atoms with Gasteiger partial charge in [-0.1, -0.05) is 17.7 Å². The molecule has 0 aliphatic rings. The Balaban J connectivity index is 2.66. The van der Waals surface area contributed by atoms with E-state index in [4.69, 9.17) is 27.8 Å². The van der Waals surface area contributed by atoms with E-state index in [1.165, 1.54) is 6.07 Å². The predicted octanol–water partition coefficient (Wildman–Crippen LogP) is 0.954. The zero-order chi connectivity index (χ0) is 12.1. The van der Waals surface area contributed by atoms with Gasteiger partial charge in [0.2, 0.25) is 5.91 Å². The maximum atomic E-state index is 11.5. The minimum absolute atomic E-state index is 0.0221. The number of hydrogen-bond acceptors (Lipinski definition) is 4. The third kappa shape index (κ3) is 3.13. The van der Waals surface area contributed by atoms with E-state index in [-0.39, 0.29) is 23.6 Å². The van der Waals surface area contributed by atoms with E-state index in [2.05, 4.69) is 0 Å². The molecule has 0 unspecified atom stereocenters. The molecule has 1 amide bonds. The van der Waals surface area contributed by atoms with Gasteiger partial charge in [0.1, 0.15) is 6.61 Å². The van der Waals surface area contributed by atoms with E-state index in [1.54, 1.807) is 12.1 Å². The van der Waals surface area contributed by atoms with E-state index in [9.17, 15) is 9.59 Å². The van der Waals surface area contributed by atoms with Crippen molar-refractivity contribution in [3.63, 3.8) is 0 Å². The van der Waals surface area contributed by atoms with E-state index in [0.717, 1.165) is 0 Å². The summed E-state index contributed by atoms with van der Waals surface area (Å²) < 4.78 is 4.79. The summed E-state index contributed by atoms with van der Waals surface area (Å²) in [6.07, 6.45) is -0.0221. The molecular weight excluding hydrogens is 232 g/mol. The number of esters is 1. The predicted molar refractivity (Wildman–Crippen MR) is 60.0 cm³/mol. The van der Waals surface area contributed by atoms with Crippen molar-refractivity contribution in [2.75, 3.05) is 12.3 Å². The van der Waals surface area contributed by atoms with Gasteiger partial charge in [0, 0.05) is 0 Å². The summed E-state index contributed by atoms with van der Waals surface area (Å²) in [5.41, 5.74) is 10.9. The van der Waals surface area contributed by atoms with Crippen molar-refractivity contribution < 1.29 is 14.3 Å². The highest BCUT2D eigenvalue weighted by atomic mass is 35.5. The number of nitrogen functional groups attached to an aromatic ring is 1. The molecule has 0 fully saturated rings. The SMILES string of the molecule is NC(=O)CCOC(=O)c1cccc(N)c1Cl. The maximum absolute atomic E-state index is 11.5. The standard InChI is InChI=1S/C10H11ClN2O3/c11-9-6(2-1-3-7(9)12)10(15)16-5-4-8(13)14/h1-3H,4-5,12H2,(H2,13,14). The number of carbonyl (C=O) groups excluding carboxylic acids is 2. The van der Waals surface area contributed by atoms with E-state index >= 15 is 0 Å². The average molecular weight is 243 g/mol. The largest absolute Gasteiger partial charge is 0.462 e. The molecule has 0 aliphatic carbocycles. The lowest BCUT2D eigenvalue weighted by Gasteiger charge is -2.06. The minimum atomic E-state index is -0.626. The Kier molecular flexibility index (Phi) is 4.13. The number of halogens is 1. The van der Waals surface area contributed by atoms with Crippen LogP contribution in [0.5, 0.6) is 0 Å². The number of benzene rings is 1. The Morgan fingerprint density at radius 2 is 2.06 bits per heavy atom. The molecule has 1 rings (SSSR count). The van der Waals surface area contributed by atoms with Crippen LogP contribution in [0.3, 0.4) is 0 Å². The summed E-state index contributed by atoms with van der Waals surface area (Å²) in [5.74, 6) is -1.16. The molecule has 1 aromatic rings. The number of ether oxygens (including phenoxy) is 1. The number of anilines is 1. The fourth-order valence-electron chi connectivity index (χ4n) is 1.03. The Morgan fingerprint density at radius 3 is 2.69 bits per heavy atom. The normalized spacial score (nSPS) is 9.81. The molecule has 0 bridgehead atoms. The molecule has 0 aliphatic heterocycles. The van der Waals surface area contributed by atoms with Gasteiger partial charge in [-0.15, -0.1) is 0 Å². The van der Waals surface area contributed by atoms with Gasteiger partial charge in [-0.05, 0) is 12.1 Å². The molecule has 86 valence electrons. The number of primary amides is 1. The van der Waals surface area contributed by atoms with Gasteiger partial charge in [-0.3, -0.25) is 4.79 Å². The van der Waals surface area contributed by atoms with Crippen LogP contribution in [0, 0.1) is 0 Å². The van der Waals surface area contributed by atoms with Crippen LogP contribution in [-0.4, -0.2) is 18.5 Å². The number of carbonyl (C=O) groups is 2. The van der Waals surface area contributed by atoms with Crippen molar-refractivity contribution in [3.05, 3.63) is 28.8 Å². The van der Waals surface area contributed by atoms with Gasteiger partial charge in [-0.2, -0.15) is 0 Å². The summed E-state index contributed by atoms with van der Waals surface area (Å²) in [4.78, 5) is 21.9. The first-order chi connectivity index (χ1) is 7.52. The van der Waals surface area contributed by atoms with Crippen LogP contribution in [0.2, 0.25) is 5.02 Å². The van der Waals surface area contributed by atoms with Gasteiger partial charge in [-0.25, -0.2) is 4.79 Å². The molecule has 0 spiro atoms. The van der Waals surface area contributed by atoms with Crippen LogP contribution in [0.1, 0.15) is 16.8 Å². The lowest BCUT2D eigenvalue weighted by Crippen LogP contribution is -2.16. The van der Waals surface area contributed by atoms with Crippen LogP contribution >= 0.6 is 11.6 Å². The Hall–Kier alpha value is -1.75. The van der Waals surface area contributed by atoms with Gasteiger partial charge in [0.15, 0.2) is 0 Å². The van der Waals surface area contributed by atoms with Gasteiger partial charge in [0.25, 0.3) is 0 Å². The van der Waals surface area contributed by atoms with E-state index < -0.39 is 11.9 Å². The van der Waals surface area contributed by atoms with E-state index in [1.807, 2.05) is 0 Å². The minimum Gasteiger partial charge on any atom is -0.462 e. The molecule has 6 heteroatoms. The first kappa shape index (κ1) is 12.3. The molecule has 0 saturated carbocycles. The summed E-state index contributed by atoms with van der Waals surface area (Å²) in [7, 11) is 0. The molecule has 4 N–H and O–H groups in total. The molecule has 0 radical (unpaired) electrons. The van der Waals surface area contributed by atoms with Gasteiger partial charge in [0.05, 0.1) is 22.7 Å². The fourth-order valence-corrected chi connectivity index (χ4v) is 1.23.